The van der Waals surface area contributed by atoms with Crippen LogP contribution >= 0.6 is 0 Å². The fraction of sp³-hybridized carbons (Fsp3) is 0. The summed E-state index contributed by atoms with van der Waals surface area (Å²) in [5, 5.41) is 10.8. The van der Waals surface area contributed by atoms with Gasteiger partial charge >= 0.3 is 5.63 Å². The minimum atomic E-state index is -0.369. The normalized spacial score (nSPS) is 10.7. The van der Waals surface area contributed by atoms with Crippen LogP contribution in [0, 0.1) is 0 Å². The molecule has 0 aliphatic carbocycles. The molecule has 3 nitrogen and oxygen atoms in total. The van der Waals surface area contributed by atoms with Crippen LogP contribution in [0.15, 0.2) is 63.8 Å². The average molecular weight is 238 g/mol. The SMILES string of the molecule is O=c1oc(-c2cccc(O)c2)cc2ccccc12. The van der Waals surface area contributed by atoms with E-state index in [1.165, 1.54) is 0 Å². The number of rotatable bonds is 1. The smallest absolute Gasteiger partial charge is 0.344 e. The van der Waals surface area contributed by atoms with Crippen molar-refractivity contribution in [2.24, 2.45) is 0 Å². The van der Waals surface area contributed by atoms with Crippen molar-refractivity contribution in [3.8, 4) is 17.1 Å². The highest BCUT2D eigenvalue weighted by Gasteiger charge is 2.06. The predicted molar refractivity (Wildman–Crippen MR) is 69.6 cm³/mol. The maximum atomic E-state index is 11.8. The van der Waals surface area contributed by atoms with E-state index in [0.717, 1.165) is 5.39 Å². The van der Waals surface area contributed by atoms with Gasteiger partial charge in [-0.05, 0) is 29.7 Å². The van der Waals surface area contributed by atoms with E-state index in [9.17, 15) is 9.90 Å². The number of phenols is 1. The molecule has 3 aromatic rings. The topological polar surface area (TPSA) is 50.4 Å². The van der Waals surface area contributed by atoms with E-state index in [2.05, 4.69) is 0 Å². The third-order valence-corrected chi connectivity index (χ3v) is 2.80. The lowest BCUT2D eigenvalue weighted by Crippen LogP contribution is -1.99. The molecule has 0 spiro atoms. The number of fused-ring (bicyclic) bond motifs is 1. The first-order valence-corrected chi connectivity index (χ1v) is 5.56. The molecule has 0 unspecified atom stereocenters. The second kappa shape index (κ2) is 4.04. The van der Waals surface area contributed by atoms with E-state index < -0.39 is 0 Å². The van der Waals surface area contributed by atoms with E-state index in [1.807, 2.05) is 12.1 Å². The standard InChI is InChI=1S/C15H10O3/c16-12-6-3-5-11(8-12)14-9-10-4-1-2-7-13(10)15(17)18-14/h1-9,16H. The molecule has 3 rings (SSSR count). The van der Waals surface area contributed by atoms with Gasteiger partial charge in [-0.25, -0.2) is 4.79 Å². The van der Waals surface area contributed by atoms with Crippen molar-refractivity contribution in [2.45, 2.75) is 0 Å². The largest absolute Gasteiger partial charge is 0.508 e. The molecular formula is C15H10O3. The third-order valence-electron chi connectivity index (χ3n) is 2.80. The fourth-order valence-corrected chi connectivity index (χ4v) is 1.94. The first-order chi connectivity index (χ1) is 8.74. The first-order valence-electron chi connectivity index (χ1n) is 5.56. The Morgan fingerprint density at radius 1 is 0.944 bits per heavy atom. The highest BCUT2D eigenvalue weighted by molar-refractivity contribution is 5.84. The minimum absolute atomic E-state index is 0.142. The van der Waals surface area contributed by atoms with E-state index in [0.29, 0.717) is 16.7 Å². The zero-order valence-electron chi connectivity index (χ0n) is 9.46. The Hall–Kier alpha value is -2.55. The summed E-state index contributed by atoms with van der Waals surface area (Å²) in [6, 6.07) is 15.7. The Balaban J connectivity index is 2.28. The maximum Gasteiger partial charge on any atom is 0.344 e. The summed E-state index contributed by atoms with van der Waals surface area (Å²) in [5.74, 6) is 0.595. The van der Waals surface area contributed by atoms with Gasteiger partial charge in [0.1, 0.15) is 11.5 Å². The molecule has 0 saturated heterocycles. The predicted octanol–water partition coefficient (Wildman–Crippen LogP) is 3.17. The lowest BCUT2D eigenvalue weighted by Gasteiger charge is -2.02. The van der Waals surface area contributed by atoms with Crippen LogP contribution in [0.25, 0.3) is 22.1 Å². The molecule has 0 bridgehead atoms. The lowest BCUT2D eigenvalue weighted by molar-refractivity contribution is 0.474. The highest BCUT2D eigenvalue weighted by atomic mass is 16.4. The monoisotopic (exact) mass is 238 g/mol. The molecule has 1 aromatic heterocycles. The molecule has 2 aromatic carbocycles. The molecule has 0 fully saturated rings. The molecule has 0 radical (unpaired) electrons. The number of aromatic hydroxyl groups is 1. The summed E-state index contributed by atoms with van der Waals surface area (Å²) in [6.07, 6.45) is 0. The molecular weight excluding hydrogens is 228 g/mol. The highest BCUT2D eigenvalue weighted by Crippen LogP contribution is 2.24. The van der Waals surface area contributed by atoms with Crippen LogP contribution in [0.5, 0.6) is 5.75 Å². The quantitative estimate of drug-likeness (QED) is 0.708. The van der Waals surface area contributed by atoms with Crippen LogP contribution < -0.4 is 5.63 Å². The van der Waals surface area contributed by atoms with Gasteiger partial charge in [0.15, 0.2) is 0 Å². The number of hydrogen-bond acceptors (Lipinski definition) is 3. The molecule has 0 saturated carbocycles. The van der Waals surface area contributed by atoms with Gasteiger partial charge in [-0.1, -0.05) is 30.3 Å². The van der Waals surface area contributed by atoms with Gasteiger partial charge in [-0.15, -0.1) is 0 Å². The molecule has 0 amide bonds. The lowest BCUT2D eigenvalue weighted by atomic mass is 10.1. The van der Waals surface area contributed by atoms with E-state index >= 15 is 0 Å². The van der Waals surface area contributed by atoms with Gasteiger partial charge in [0.25, 0.3) is 0 Å². The molecule has 18 heavy (non-hydrogen) atoms. The van der Waals surface area contributed by atoms with Crippen molar-refractivity contribution in [3.05, 3.63) is 65.0 Å². The van der Waals surface area contributed by atoms with Gasteiger partial charge in [0, 0.05) is 5.56 Å². The molecule has 1 N–H and O–H groups in total. The zero-order chi connectivity index (χ0) is 12.5. The van der Waals surface area contributed by atoms with Gasteiger partial charge < -0.3 is 9.52 Å². The van der Waals surface area contributed by atoms with Gasteiger partial charge in [-0.2, -0.15) is 0 Å². The van der Waals surface area contributed by atoms with Crippen molar-refractivity contribution in [1.29, 1.82) is 0 Å². The second-order valence-electron chi connectivity index (χ2n) is 4.04. The summed E-state index contributed by atoms with van der Waals surface area (Å²) >= 11 is 0. The molecule has 0 atom stereocenters. The van der Waals surface area contributed by atoms with Crippen molar-refractivity contribution in [3.63, 3.8) is 0 Å². The van der Waals surface area contributed by atoms with Crippen LogP contribution in [0.1, 0.15) is 0 Å². The summed E-state index contributed by atoms with van der Waals surface area (Å²) in [5.41, 5.74) is 0.310. The number of hydrogen-bond donors (Lipinski definition) is 1. The molecule has 0 aliphatic heterocycles. The van der Waals surface area contributed by atoms with Crippen molar-refractivity contribution >= 4 is 10.8 Å². The molecule has 88 valence electrons. The van der Waals surface area contributed by atoms with Crippen molar-refractivity contribution < 1.29 is 9.52 Å². The number of benzene rings is 2. The Kier molecular flexibility index (Phi) is 2.38. The summed E-state index contributed by atoms with van der Waals surface area (Å²) in [4.78, 5) is 11.8. The van der Waals surface area contributed by atoms with Crippen LogP contribution in [0.2, 0.25) is 0 Å². The van der Waals surface area contributed by atoms with Crippen LogP contribution in [0.4, 0.5) is 0 Å². The van der Waals surface area contributed by atoms with Gasteiger partial charge in [-0.3, -0.25) is 0 Å². The molecule has 1 heterocycles. The fourth-order valence-electron chi connectivity index (χ4n) is 1.94. The zero-order valence-corrected chi connectivity index (χ0v) is 9.46. The molecule has 3 heteroatoms. The summed E-state index contributed by atoms with van der Waals surface area (Å²) in [6.45, 7) is 0. The van der Waals surface area contributed by atoms with Crippen molar-refractivity contribution in [2.75, 3.05) is 0 Å². The van der Waals surface area contributed by atoms with E-state index in [4.69, 9.17) is 4.42 Å². The average Bonchev–Trinajstić information content (AvgIpc) is 2.39. The third kappa shape index (κ3) is 1.76. The molecule has 0 aliphatic rings. The van der Waals surface area contributed by atoms with E-state index in [1.54, 1.807) is 42.5 Å². The Morgan fingerprint density at radius 2 is 1.78 bits per heavy atom. The summed E-state index contributed by atoms with van der Waals surface area (Å²) < 4.78 is 5.26. The van der Waals surface area contributed by atoms with E-state index in [-0.39, 0.29) is 11.4 Å². The summed E-state index contributed by atoms with van der Waals surface area (Å²) in [7, 11) is 0. The van der Waals surface area contributed by atoms with Crippen LogP contribution in [0.3, 0.4) is 0 Å². The Morgan fingerprint density at radius 3 is 2.61 bits per heavy atom. The Bertz CT molecular complexity index is 772. The maximum absolute atomic E-state index is 11.8. The Labute approximate surface area is 103 Å². The first kappa shape index (κ1) is 10.6. The minimum Gasteiger partial charge on any atom is -0.508 e. The van der Waals surface area contributed by atoms with Gasteiger partial charge in [0.2, 0.25) is 0 Å². The van der Waals surface area contributed by atoms with Crippen LogP contribution in [-0.4, -0.2) is 5.11 Å². The van der Waals surface area contributed by atoms with Crippen LogP contribution in [-0.2, 0) is 0 Å². The number of phenolic OH excluding ortho intramolecular Hbond substituents is 1. The second-order valence-corrected chi connectivity index (χ2v) is 4.04. The van der Waals surface area contributed by atoms with Gasteiger partial charge in [0.05, 0.1) is 5.39 Å². The van der Waals surface area contributed by atoms with Crippen molar-refractivity contribution in [1.82, 2.24) is 0 Å².